The topological polar surface area (TPSA) is 54.2 Å². The Bertz CT molecular complexity index is 615. The quantitative estimate of drug-likeness (QED) is 0.919. The molecule has 0 bridgehead atoms. The number of hydrogen-bond donors (Lipinski definition) is 1. The molecule has 1 aliphatic rings. The number of para-hydroxylation sites is 2. The highest BCUT2D eigenvalue weighted by molar-refractivity contribution is 5.70. The molecule has 1 aromatic heterocycles. The Balaban J connectivity index is 1.83. The Labute approximate surface area is 125 Å². The van der Waals surface area contributed by atoms with E-state index in [0.717, 1.165) is 19.5 Å². The van der Waals surface area contributed by atoms with Crippen molar-refractivity contribution >= 4 is 11.4 Å². The van der Waals surface area contributed by atoms with Gasteiger partial charge in [-0.3, -0.25) is 0 Å². The van der Waals surface area contributed by atoms with Crippen LogP contribution in [-0.4, -0.2) is 23.3 Å². The fourth-order valence-electron chi connectivity index (χ4n) is 2.46. The zero-order valence-electron chi connectivity index (χ0n) is 12.9. The molecular weight excluding hydrogens is 264 g/mol. The maximum Gasteiger partial charge on any atom is 0.235 e. The molecule has 0 unspecified atom stereocenters. The highest BCUT2D eigenvalue weighted by atomic mass is 16.4. The SMILES string of the molecule is CC(C)(C)c1nnc(CN2CCCNc3ccccc32)o1. The maximum absolute atomic E-state index is 5.82. The fourth-order valence-corrected chi connectivity index (χ4v) is 2.46. The number of nitrogens with zero attached hydrogens (tertiary/aromatic N) is 3. The number of nitrogens with one attached hydrogen (secondary N) is 1. The summed E-state index contributed by atoms with van der Waals surface area (Å²) in [4.78, 5) is 2.30. The van der Waals surface area contributed by atoms with Crippen molar-refractivity contribution in [3.05, 3.63) is 36.0 Å². The van der Waals surface area contributed by atoms with Gasteiger partial charge in [0.1, 0.15) is 0 Å². The predicted molar refractivity (Wildman–Crippen MR) is 83.6 cm³/mol. The van der Waals surface area contributed by atoms with Crippen LogP contribution in [0.3, 0.4) is 0 Å². The normalized spacial score (nSPS) is 15.3. The van der Waals surface area contributed by atoms with Crippen LogP contribution in [-0.2, 0) is 12.0 Å². The summed E-state index contributed by atoms with van der Waals surface area (Å²) in [6.45, 7) is 8.87. The lowest BCUT2D eigenvalue weighted by Gasteiger charge is -2.22. The molecule has 2 aromatic rings. The van der Waals surface area contributed by atoms with Crippen molar-refractivity contribution in [1.29, 1.82) is 0 Å². The van der Waals surface area contributed by atoms with E-state index in [9.17, 15) is 0 Å². The maximum atomic E-state index is 5.82. The number of rotatable bonds is 2. The van der Waals surface area contributed by atoms with Gasteiger partial charge in [0.25, 0.3) is 0 Å². The van der Waals surface area contributed by atoms with E-state index >= 15 is 0 Å². The average Bonchev–Trinajstić information content (AvgIpc) is 2.82. The lowest BCUT2D eigenvalue weighted by molar-refractivity contribution is 0.370. The fraction of sp³-hybridized carbons (Fsp3) is 0.500. The average molecular weight is 286 g/mol. The van der Waals surface area contributed by atoms with Crippen LogP contribution in [0.25, 0.3) is 0 Å². The van der Waals surface area contributed by atoms with E-state index in [1.807, 2.05) is 0 Å². The van der Waals surface area contributed by atoms with Gasteiger partial charge in [-0.15, -0.1) is 10.2 Å². The lowest BCUT2D eigenvalue weighted by atomic mass is 9.97. The van der Waals surface area contributed by atoms with E-state index in [2.05, 4.69) is 65.5 Å². The molecule has 0 radical (unpaired) electrons. The van der Waals surface area contributed by atoms with Crippen LogP contribution < -0.4 is 10.2 Å². The molecule has 3 rings (SSSR count). The van der Waals surface area contributed by atoms with Crippen molar-refractivity contribution in [2.45, 2.75) is 39.2 Å². The van der Waals surface area contributed by atoms with Crippen LogP contribution in [0, 0.1) is 0 Å². The van der Waals surface area contributed by atoms with Gasteiger partial charge in [0.05, 0.1) is 17.9 Å². The third kappa shape index (κ3) is 3.01. The first kappa shape index (κ1) is 13.9. The molecule has 0 fully saturated rings. The summed E-state index contributed by atoms with van der Waals surface area (Å²) < 4.78 is 5.82. The monoisotopic (exact) mass is 286 g/mol. The molecule has 112 valence electrons. The molecule has 0 amide bonds. The van der Waals surface area contributed by atoms with E-state index in [1.165, 1.54) is 11.4 Å². The van der Waals surface area contributed by atoms with Crippen LogP contribution in [0.5, 0.6) is 0 Å². The number of hydrogen-bond acceptors (Lipinski definition) is 5. The van der Waals surface area contributed by atoms with Gasteiger partial charge in [0, 0.05) is 18.5 Å². The molecule has 1 aliphatic heterocycles. The van der Waals surface area contributed by atoms with Crippen molar-refractivity contribution in [2.75, 3.05) is 23.3 Å². The molecule has 5 heteroatoms. The van der Waals surface area contributed by atoms with Crippen LogP contribution in [0.15, 0.2) is 28.7 Å². The van der Waals surface area contributed by atoms with Gasteiger partial charge < -0.3 is 14.6 Å². The zero-order chi connectivity index (χ0) is 14.9. The Kier molecular flexibility index (Phi) is 3.57. The Morgan fingerprint density at radius 2 is 2.05 bits per heavy atom. The van der Waals surface area contributed by atoms with E-state index in [0.29, 0.717) is 18.3 Å². The molecule has 21 heavy (non-hydrogen) atoms. The highest BCUT2D eigenvalue weighted by Gasteiger charge is 2.23. The van der Waals surface area contributed by atoms with Crippen LogP contribution >= 0.6 is 0 Å². The summed E-state index contributed by atoms with van der Waals surface area (Å²) in [5.41, 5.74) is 2.26. The third-order valence-electron chi connectivity index (χ3n) is 3.60. The second-order valence-corrected chi connectivity index (χ2v) is 6.47. The van der Waals surface area contributed by atoms with Crippen molar-refractivity contribution in [3.63, 3.8) is 0 Å². The Hall–Kier alpha value is -2.04. The molecule has 0 saturated heterocycles. The van der Waals surface area contributed by atoms with Crippen LogP contribution in [0.1, 0.15) is 39.0 Å². The van der Waals surface area contributed by atoms with Gasteiger partial charge in [-0.05, 0) is 18.6 Å². The van der Waals surface area contributed by atoms with Crippen LogP contribution in [0.2, 0.25) is 0 Å². The van der Waals surface area contributed by atoms with Crippen molar-refractivity contribution in [2.24, 2.45) is 0 Å². The summed E-state index contributed by atoms with van der Waals surface area (Å²) in [6, 6.07) is 8.36. The van der Waals surface area contributed by atoms with Crippen molar-refractivity contribution < 1.29 is 4.42 Å². The molecule has 5 nitrogen and oxygen atoms in total. The number of fused-ring (bicyclic) bond motifs is 1. The molecule has 2 heterocycles. The largest absolute Gasteiger partial charge is 0.423 e. The van der Waals surface area contributed by atoms with Crippen LogP contribution in [0.4, 0.5) is 11.4 Å². The van der Waals surface area contributed by atoms with Gasteiger partial charge in [0.2, 0.25) is 11.8 Å². The zero-order valence-corrected chi connectivity index (χ0v) is 12.9. The minimum Gasteiger partial charge on any atom is -0.423 e. The molecule has 0 saturated carbocycles. The molecule has 1 aromatic carbocycles. The molecule has 0 aliphatic carbocycles. The molecule has 0 atom stereocenters. The van der Waals surface area contributed by atoms with Gasteiger partial charge >= 0.3 is 0 Å². The van der Waals surface area contributed by atoms with Gasteiger partial charge in [-0.1, -0.05) is 32.9 Å². The minimum absolute atomic E-state index is 0.108. The Morgan fingerprint density at radius 3 is 2.81 bits per heavy atom. The summed E-state index contributed by atoms with van der Waals surface area (Å²) in [5, 5.41) is 11.8. The van der Waals surface area contributed by atoms with E-state index in [4.69, 9.17) is 4.42 Å². The molecular formula is C16H22N4O. The summed E-state index contributed by atoms with van der Waals surface area (Å²) in [7, 11) is 0. The Morgan fingerprint density at radius 1 is 1.24 bits per heavy atom. The van der Waals surface area contributed by atoms with Crippen molar-refractivity contribution in [1.82, 2.24) is 10.2 Å². The summed E-state index contributed by atoms with van der Waals surface area (Å²) in [6.07, 6.45) is 1.09. The molecule has 0 spiro atoms. The van der Waals surface area contributed by atoms with E-state index in [1.54, 1.807) is 0 Å². The predicted octanol–water partition coefficient (Wildman–Crippen LogP) is 3.19. The van der Waals surface area contributed by atoms with Crippen molar-refractivity contribution in [3.8, 4) is 0 Å². The van der Waals surface area contributed by atoms with E-state index in [-0.39, 0.29) is 5.41 Å². The number of aromatic nitrogens is 2. The van der Waals surface area contributed by atoms with E-state index < -0.39 is 0 Å². The smallest absolute Gasteiger partial charge is 0.235 e. The first-order chi connectivity index (χ1) is 10.0. The van der Waals surface area contributed by atoms with Gasteiger partial charge in [-0.25, -0.2) is 0 Å². The summed E-state index contributed by atoms with van der Waals surface area (Å²) in [5.74, 6) is 1.37. The first-order valence-electron chi connectivity index (χ1n) is 7.45. The summed E-state index contributed by atoms with van der Waals surface area (Å²) >= 11 is 0. The third-order valence-corrected chi connectivity index (χ3v) is 3.60. The number of benzene rings is 1. The first-order valence-corrected chi connectivity index (χ1v) is 7.45. The second-order valence-electron chi connectivity index (χ2n) is 6.47. The van der Waals surface area contributed by atoms with Gasteiger partial charge in [-0.2, -0.15) is 0 Å². The minimum atomic E-state index is -0.108. The lowest BCUT2D eigenvalue weighted by Crippen LogP contribution is -2.23. The van der Waals surface area contributed by atoms with Gasteiger partial charge in [0.15, 0.2) is 0 Å². The standard InChI is InChI=1S/C16H22N4O/c1-16(2,3)15-19-18-14(21-15)11-20-10-6-9-17-12-7-4-5-8-13(12)20/h4-5,7-8,17H,6,9-11H2,1-3H3. The molecule has 1 N–H and O–H groups in total. The second kappa shape index (κ2) is 5.39. The highest BCUT2D eigenvalue weighted by Crippen LogP contribution is 2.29. The number of anilines is 2.